The summed E-state index contributed by atoms with van der Waals surface area (Å²) in [7, 11) is 0. The van der Waals surface area contributed by atoms with Gasteiger partial charge in [0, 0.05) is 19.6 Å². The summed E-state index contributed by atoms with van der Waals surface area (Å²) in [5, 5.41) is 0. The van der Waals surface area contributed by atoms with Gasteiger partial charge < -0.3 is 10.6 Å². The number of nitrogens with zero attached hydrogens (tertiary/aromatic N) is 1. The van der Waals surface area contributed by atoms with Gasteiger partial charge in [-0.1, -0.05) is 37.6 Å². The third kappa shape index (κ3) is 3.56. The third-order valence-electron chi connectivity index (χ3n) is 4.06. The van der Waals surface area contributed by atoms with E-state index in [9.17, 15) is 0 Å². The fraction of sp³-hybridized carbons (Fsp3) is 0.625. The highest BCUT2D eigenvalue weighted by atomic mass is 15.1. The highest BCUT2D eigenvalue weighted by Crippen LogP contribution is 2.17. The fourth-order valence-corrected chi connectivity index (χ4v) is 2.95. The Morgan fingerprint density at radius 1 is 1.17 bits per heavy atom. The minimum atomic E-state index is 0.677. The van der Waals surface area contributed by atoms with Crippen LogP contribution >= 0.6 is 0 Å². The number of fused-ring (bicyclic) bond motifs is 1. The second-order valence-corrected chi connectivity index (χ2v) is 5.46. The molecule has 1 unspecified atom stereocenters. The number of hydrogen-bond donors (Lipinski definition) is 1. The Hall–Kier alpha value is -0.860. The summed E-state index contributed by atoms with van der Waals surface area (Å²) in [4.78, 5) is 2.60. The van der Waals surface area contributed by atoms with Gasteiger partial charge in [0.2, 0.25) is 0 Å². The van der Waals surface area contributed by atoms with Crippen LogP contribution < -0.4 is 5.73 Å². The summed E-state index contributed by atoms with van der Waals surface area (Å²) in [6.07, 6.45) is 4.90. The number of nitrogens with two attached hydrogens (primary N) is 1. The quantitative estimate of drug-likeness (QED) is 0.865. The van der Waals surface area contributed by atoms with Crippen LogP contribution in [0.3, 0.4) is 0 Å². The predicted octanol–water partition coefficient (Wildman–Crippen LogP) is 2.46. The van der Waals surface area contributed by atoms with E-state index in [1.807, 2.05) is 0 Å². The van der Waals surface area contributed by atoms with Crippen LogP contribution in [0.1, 0.15) is 30.9 Å². The molecule has 1 aliphatic rings. The topological polar surface area (TPSA) is 29.3 Å². The molecular formula is C16H26N2. The van der Waals surface area contributed by atoms with E-state index in [0.29, 0.717) is 5.92 Å². The normalized spacial score (nSPS) is 18.1. The summed E-state index contributed by atoms with van der Waals surface area (Å²) >= 11 is 0. The second-order valence-electron chi connectivity index (χ2n) is 5.46. The van der Waals surface area contributed by atoms with Gasteiger partial charge in [0.15, 0.2) is 0 Å². The van der Waals surface area contributed by atoms with Gasteiger partial charge in [0.05, 0.1) is 0 Å². The molecule has 1 aromatic rings. The molecule has 0 saturated heterocycles. The maximum atomic E-state index is 5.87. The van der Waals surface area contributed by atoms with E-state index >= 15 is 0 Å². The second kappa shape index (κ2) is 6.91. The Labute approximate surface area is 111 Å². The maximum Gasteiger partial charge on any atom is 0.00222 e. The Morgan fingerprint density at radius 2 is 1.78 bits per heavy atom. The molecule has 1 aromatic carbocycles. The lowest BCUT2D eigenvalue weighted by Crippen LogP contribution is -2.34. The smallest absolute Gasteiger partial charge is 0.00222 e. The average molecular weight is 246 g/mol. The summed E-state index contributed by atoms with van der Waals surface area (Å²) in [5.41, 5.74) is 8.96. The van der Waals surface area contributed by atoms with Crippen LogP contribution in [0.4, 0.5) is 0 Å². The molecule has 0 saturated carbocycles. The minimum Gasteiger partial charge on any atom is -0.330 e. The lowest BCUT2D eigenvalue weighted by molar-refractivity contribution is 0.235. The molecule has 0 fully saturated rings. The minimum absolute atomic E-state index is 0.677. The molecule has 0 spiro atoms. The van der Waals surface area contributed by atoms with Crippen LogP contribution in [0.15, 0.2) is 24.3 Å². The van der Waals surface area contributed by atoms with Gasteiger partial charge in [-0.05, 0) is 42.9 Å². The Bertz CT molecular complexity index is 335. The first kappa shape index (κ1) is 13.6. The molecule has 0 bridgehead atoms. The molecule has 18 heavy (non-hydrogen) atoms. The highest BCUT2D eigenvalue weighted by Gasteiger charge is 2.16. The SMILES string of the molecule is CCCC(CN)CN1CCc2ccccc2CC1. The number of hydrogen-bond acceptors (Lipinski definition) is 2. The van der Waals surface area contributed by atoms with Crippen molar-refractivity contribution >= 4 is 0 Å². The van der Waals surface area contributed by atoms with Crippen molar-refractivity contribution in [3.63, 3.8) is 0 Å². The van der Waals surface area contributed by atoms with Crippen LogP contribution in [0.25, 0.3) is 0 Å². The fourth-order valence-electron chi connectivity index (χ4n) is 2.95. The van der Waals surface area contributed by atoms with E-state index in [2.05, 4.69) is 36.1 Å². The molecule has 2 nitrogen and oxygen atoms in total. The first-order chi connectivity index (χ1) is 8.83. The molecule has 0 radical (unpaired) electrons. The molecule has 0 aromatic heterocycles. The summed E-state index contributed by atoms with van der Waals surface area (Å²) < 4.78 is 0. The lowest BCUT2D eigenvalue weighted by atomic mass is 10.0. The van der Waals surface area contributed by atoms with Gasteiger partial charge in [0.1, 0.15) is 0 Å². The van der Waals surface area contributed by atoms with Gasteiger partial charge in [-0.2, -0.15) is 0 Å². The van der Waals surface area contributed by atoms with Crippen LogP contribution in [-0.4, -0.2) is 31.1 Å². The van der Waals surface area contributed by atoms with E-state index in [1.165, 1.54) is 45.3 Å². The van der Waals surface area contributed by atoms with E-state index in [0.717, 1.165) is 6.54 Å². The zero-order valence-corrected chi connectivity index (χ0v) is 11.6. The monoisotopic (exact) mass is 246 g/mol. The summed E-state index contributed by atoms with van der Waals surface area (Å²) in [5.74, 6) is 0.677. The van der Waals surface area contributed by atoms with Crippen molar-refractivity contribution in [1.29, 1.82) is 0 Å². The zero-order valence-electron chi connectivity index (χ0n) is 11.6. The largest absolute Gasteiger partial charge is 0.330 e. The molecule has 1 aliphatic heterocycles. The van der Waals surface area contributed by atoms with E-state index in [-0.39, 0.29) is 0 Å². The maximum absolute atomic E-state index is 5.87. The van der Waals surface area contributed by atoms with E-state index < -0.39 is 0 Å². The van der Waals surface area contributed by atoms with Gasteiger partial charge in [0.25, 0.3) is 0 Å². The van der Waals surface area contributed by atoms with Gasteiger partial charge in [-0.3, -0.25) is 0 Å². The average Bonchev–Trinajstić information content (AvgIpc) is 2.61. The van der Waals surface area contributed by atoms with Crippen molar-refractivity contribution in [2.75, 3.05) is 26.2 Å². The van der Waals surface area contributed by atoms with Crippen molar-refractivity contribution in [3.05, 3.63) is 35.4 Å². The number of benzene rings is 1. The zero-order chi connectivity index (χ0) is 12.8. The van der Waals surface area contributed by atoms with Gasteiger partial charge in [-0.25, -0.2) is 0 Å². The molecule has 1 heterocycles. The molecule has 2 N–H and O–H groups in total. The van der Waals surface area contributed by atoms with Crippen LogP contribution in [0.5, 0.6) is 0 Å². The summed E-state index contributed by atoms with van der Waals surface area (Å²) in [6.45, 7) is 6.64. The molecular weight excluding hydrogens is 220 g/mol. The standard InChI is InChI=1S/C16H26N2/c1-2-5-14(12-17)13-18-10-8-15-6-3-4-7-16(15)9-11-18/h3-4,6-7,14H,2,5,8-13,17H2,1H3. The molecule has 0 amide bonds. The van der Waals surface area contributed by atoms with Crippen molar-refractivity contribution in [2.24, 2.45) is 11.7 Å². The molecule has 100 valence electrons. The molecule has 1 atom stereocenters. The van der Waals surface area contributed by atoms with Crippen molar-refractivity contribution in [2.45, 2.75) is 32.6 Å². The third-order valence-corrected chi connectivity index (χ3v) is 4.06. The summed E-state index contributed by atoms with van der Waals surface area (Å²) in [6, 6.07) is 8.89. The Balaban J connectivity index is 1.91. The lowest BCUT2D eigenvalue weighted by Gasteiger charge is -2.25. The van der Waals surface area contributed by atoms with E-state index in [1.54, 1.807) is 11.1 Å². The molecule has 2 heteroatoms. The highest BCUT2D eigenvalue weighted by molar-refractivity contribution is 5.28. The predicted molar refractivity (Wildman–Crippen MR) is 77.7 cm³/mol. The van der Waals surface area contributed by atoms with Crippen molar-refractivity contribution in [3.8, 4) is 0 Å². The Morgan fingerprint density at radius 3 is 2.28 bits per heavy atom. The van der Waals surface area contributed by atoms with Crippen LogP contribution in [0, 0.1) is 5.92 Å². The van der Waals surface area contributed by atoms with Gasteiger partial charge in [-0.15, -0.1) is 0 Å². The van der Waals surface area contributed by atoms with Crippen LogP contribution in [0.2, 0.25) is 0 Å². The van der Waals surface area contributed by atoms with E-state index in [4.69, 9.17) is 5.73 Å². The molecule has 0 aliphatic carbocycles. The van der Waals surface area contributed by atoms with Gasteiger partial charge >= 0.3 is 0 Å². The number of rotatable bonds is 5. The van der Waals surface area contributed by atoms with Crippen molar-refractivity contribution < 1.29 is 0 Å². The van der Waals surface area contributed by atoms with Crippen LogP contribution in [-0.2, 0) is 12.8 Å². The van der Waals surface area contributed by atoms with Crippen molar-refractivity contribution in [1.82, 2.24) is 4.90 Å². The first-order valence-corrected chi connectivity index (χ1v) is 7.32. The molecule has 2 rings (SSSR count). The first-order valence-electron chi connectivity index (χ1n) is 7.32. The Kier molecular flexibility index (Phi) is 5.21.